The second kappa shape index (κ2) is 11.3. The summed E-state index contributed by atoms with van der Waals surface area (Å²) >= 11 is 5.10. The molecule has 1 fully saturated rings. The number of rotatable bonds is 7. The topological polar surface area (TPSA) is 98.6 Å². The molecule has 8 nitrogen and oxygen atoms in total. The van der Waals surface area contributed by atoms with Crippen molar-refractivity contribution in [3.05, 3.63) is 29.8 Å². The van der Waals surface area contributed by atoms with E-state index in [4.69, 9.17) is 27.0 Å². The lowest BCUT2D eigenvalue weighted by Gasteiger charge is -2.26. The summed E-state index contributed by atoms with van der Waals surface area (Å²) in [6, 6.07) is 8.74. The number of amides is 1. The van der Waals surface area contributed by atoms with Gasteiger partial charge < -0.3 is 14.8 Å². The van der Waals surface area contributed by atoms with Crippen molar-refractivity contribution < 1.29 is 14.3 Å². The number of nitrogens with one attached hydrogen (secondary N) is 3. The number of carbonyl (C=O) groups is 1. The Bertz CT molecular complexity index is 644. The maximum absolute atomic E-state index is 11.8. The van der Waals surface area contributed by atoms with Crippen LogP contribution in [0.25, 0.3) is 0 Å². The molecule has 1 saturated heterocycles. The summed E-state index contributed by atoms with van der Waals surface area (Å²) in [5.74, 6) is -0.0239. The van der Waals surface area contributed by atoms with Crippen LogP contribution in [0.1, 0.15) is 12.0 Å². The zero-order chi connectivity index (χ0) is 18.6. The SMILES string of the molecule is N#Cc1ccccc1OCC(=O)NNC(=S)NCCCN1CCOCC1. The maximum atomic E-state index is 11.8. The lowest BCUT2D eigenvalue weighted by atomic mass is 10.2. The van der Waals surface area contributed by atoms with Crippen molar-refractivity contribution in [1.82, 2.24) is 21.1 Å². The van der Waals surface area contributed by atoms with Crippen molar-refractivity contribution in [2.45, 2.75) is 6.42 Å². The molecule has 1 aromatic rings. The summed E-state index contributed by atoms with van der Waals surface area (Å²) in [4.78, 5) is 14.1. The third-order valence-electron chi connectivity index (χ3n) is 3.72. The smallest absolute Gasteiger partial charge is 0.276 e. The molecule has 9 heteroatoms. The Morgan fingerprint density at radius 2 is 2.08 bits per heavy atom. The minimum absolute atomic E-state index is 0.217. The molecule has 3 N–H and O–H groups in total. The van der Waals surface area contributed by atoms with Crippen LogP contribution in [-0.2, 0) is 9.53 Å². The Kier molecular flexibility index (Phi) is 8.62. The Labute approximate surface area is 158 Å². The number of benzene rings is 1. The van der Waals surface area contributed by atoms with Gasteiger partial charge in [-0.05, 0) is 37.3 Å². The van der Waals surface area contributed by atoms with Crippen LogP contribution in [-0.4, -0.2) is 61.9 Å². The van der Waals surface area contributed by atoms with Crippen LogP contribution < -0.4 is 20.9 Å². The third kappa shape index (κ3) is 7.23. The highest BCUT2D eigenvalue weighted by Gasteiger charge is 2.09. The van der Waals surface area contributed by atoms with Crippen LogP contribution in [0.2, 0.25) is 0 Å². The molecular weight excluding hydrogens is 354 g/mol. The number of hydrogen-bond acceptors (Lipinski definition) is 6. The van der Waals surface area contributed by atoms with E-state index >= 15 is 0 Å². The van der Waals surface area contributed by atoms with Gasteiger partial charge in [0, 0.05) is 19.6 Å². The van der Waals surface area contributed by atoms with Crippen LogP contribution in [0, 0.1) is 11.3 Å². The first-order valence-electron chi connectivity index (χ1n) is 8.44. The summed E-state index contributed by atoms with van der Waals surface area (Å²) in [6.07, 6.45) is 0.948. The zero-order valence-corrected chi connectivity index (χ0v) is 15.3. The predicted octanol–water partition coefficient (Wildman–Crippen LogP) is 0.155. The fourth-order valence-corrected chi connectivity index (χ4v) is 2.52. The van der Waals surface area contributed by atoms with Gasteiger partial charge in [-0.25, -0.2) is 0 Å². The molecule has 0 radical (unpaired) electrons. The van der Waals surface area contributed by atoms with E-state index < -0.39 is 5.91 Å². The van der Waals surface area contributed by atoms with Gasteiger partial charge in [0.25, 0.3) is 5.91 Å². The van der Waals surface area contributed by atoms with Gasteiger partial charge in [0.1, 0.15) is 11.8 Å². The molecule has 0 saturated carbocycles. The van der Waals surface area contributed by atoms with Gasteiger partial charge in [-0.3, -0.25) is 20.5 Å². The molecule has 0 aromatic heterocycles. The number of hydrazine groups is 1. The minimum Gasteiger partial charge on any atom is -0.482 e. The summed E-state index contributed by atoms with van der Waals surface area (Å²) < 4.78 is 10.6. The Hall–Kier alpha value is -2.41. The number of morpholine rings is 1. The molecule has 0 unspecified atom stereocenters. The van der Waals surface area contributed by atoms with Gasteiger partial charge in [-0.15, -0.1) is 0 Å². The average Bonchev–Trinajstić information content (AvgIpc) is 2.69. The summed E-state index contributed by atoms with van der Waals surface area (Å²) in [7, 11) is 0. The first kappa shape index (κ1) is 19.9. The van der Waals surface area contributed by atoms with Gasteiger partial charge in [-0.1, -0.05) is 12.1 Å². The van der Waals surface area contributed by atoms with E-state index in [0.29, 0.717) is 23.0 Å². The highest BCUT2D eigenvalue weighted by atomic mass is 32.1. The molecular formula is C17H23N5O3S. The Morgan fingerprint density at radius 1 is 1.31 bits per heavy atom. The summed E-state index contributed by atoms with van der Waals surface area (Å²) in [5.41, 5.74) is 5.46. The molecule has 0 spiro atoms. The second-order valence-corrected chi connectivity index (χ2v) is 6.04. The number of carbonyl (C=O) groups excluding carboxylic acids is 1. The van der Waals surface area contributed by atoms with Crippen molar-refractivity contribution in [2.75, 3.05) is 46.0 Å². The van der Waals surface area contributed by atoms with Crippen molar-refractivity contribution in [2.24, 2.45) is 0 Å². The Morgan fingerprint density at radius 3 is 2.85 bits per heavy atom. The summed E-state index contributed by atoms with van der Waals surface area (Å²) in [6.45, 7) is 5.00. The van der Waals surface area contributed by atoms with E-state index in [-0.39, 0.29) is 6.61 Å². The number of hydrogen-bond donors (Lipinski definition) is 3. The fourth-order valence-electron chi connectivity index (χ4n) is 2.36. The van der Waals surface area contributed by atoms with Crippen molar-refractivity contribution >= 4 is 23.2 Å². The first-order chi connectivity index (χ1) is 12.7. The highest BCUT2D eigenvalue weighted by Crippen LogP contribution is 2.15. The van der Waals surface area contributed by atoms with Crippen LogP contribution in [0.4, 0.5) is 0 Å². The molecule has 140 valence electrons. The molecule has 0 bridgehead atoms. The second-order valence-electron chi connectivity index (χ2n) is 5.63. The number of para-hydroxylation sites is 1. The molecule has 26 heavy (non-hydrogen) atoms. The third-order valence-corrected chi connectivity index (χ3v) is 3.97. The molecule has 1 aliphatic rings. The first-order valence-corrected chi connectivity index (χ1v) is 8.84. The molecule has 0 aliphatic carbocycles. The molecule has 2 rings (SSSR count). The lowest BCUT2D eigenvalue weighted by molar-refractivity contribution is -0.123. The number of nitriles is 1. The quantitative estimate of drug-likeness (QED) is 0.351. The van der Waals surface area contributed by atoms with Gasteiger partial charge in [0.2, 0.25) is 0 Å². The van der Waals surface area contributed by atoms with Crippen LogP contribution >= 0.6 is 12.2 Å². The van der Waals surface area contributed by atoms with Crippen LogP contribution in [0.5, 0.6) is 5.75 Å². The number of ether oxygens (including phenoxy) is 2. The van der Waals surface area contributed by atoms with Gasteiger partial charge in [0.15, 0.2) is 11.7 Å². The van der Waals surface area contributed by atoms with E-state index in [1.165, 1.54) is 0 Å². The normalized spacial score (nSPS) is 14.1. The fraction of sp³-hybridized carbons (Fsp3) is 0.471. The highest BCUT2D eigenvalue weighted by molar-refractivity contribution is 7.80. The molecule has 1 amide bonds. The van der Waals surface area contributed by atoms with E-state index in [0.717, 1.165) is 39.3 Å². The van der Waals surface area contributed by atoms with E-state index in [1.54, 1.807) is 24.3 Å². The lowest BCUT2D eigenvalue weighted by Crippen LogP contribution is -2.48. The van der Waals surface area contributed by atoms with Gasteiger partial charge >= 0.3 is 0 Å². The Balaban J connectivity index is 1.55. The number of thiocarbonyl (C=S) groups is 1. The molecule has 1 heterocycles. The van der Waals surface area contributed by atoms with Crippen LogP contribution in [0.3, 0.4) is 0 Å². The minimum atomic E-state index is -0.393. The largest absolute Gasteiger partial charge is 0.482 e. The zero-order valence-electron chi connectivity index (χ0n) is 14.5. The molecule has 1 aliphatic heterocycles. The predicted molar refractivity (Wildman–Crippen MR) is 100 cm³/mol. The molecule has 1 aromatic carbocycles. The number of nitrogens with zero attached hydrogens (tertiary/aromatic N) is 2. The van der Waals surface area contributed by atoms with Crippen molar-refractivity contribution in [3.8, 4) is 11.8 Å². The molecule has 0 atom stereocenters. The van der Waals surface area contributed by atoms with Gasteiger partial charge in [-0.2, -0.15) is 5.26 Å². The maximum Gasteiger partial charge on any atom is 0.276 e. The standard InChI is InChI=1S/C17H23N5O3S/c18-12-14-4-1-2-5-15(14)25-13-16(23)20-21-17(26)19-6-3-7-22-8-10-24-11-9-22/h1-2,4-5H,3,6-11,13H2,(H,20,23)(H2,19,21,26). The van der Waals surface area contributed by atoms with Crippen molar-refractivity contribution in [1.29, 1.82) is 5.26 Å². The van der Waals surface area contributed by atoms with Crippen LogP contribution in [0.15, 0.2) is 24.3 Å². The van der Waals surface area contributed by atoms with E-state index in [9.17, 15) is 4.79 Å². The average molecular weight is 377 g/mol. The monoisotopic (exact) mass is 377 g/mol. The van der Waals surface area contributed by atoms with Crippen molar-refractivity contribution in [3.63, 3.8) is 0 Å². The van der Waals surface area contributed by atoms with E-state index in [2.05, 4.69) is 21.1 Å². The van der Waals surface area contributed by atoms with E-state index in [1.807, 2.05) is 6.07 Å². The summed E-state index contributed by atoms with van der Waals surface area (Å²) in [5, 5.41) is 12.3. The van der Waals surface area contributed by atoms with Gasteiger partial charge in [0.05, 0.1) is 18.8 Å².